The summed E-state index contributed by atoms with van der Waals surface area (Å²) in [6.07, 6.45) is -0.653. The van der Waals surface area contributed by atoms with Gasteiger partial charge in [0.25, 0.3) is 11.8 Å². The molecule has 2 aliphatic heterocycles. The molecular formula is C9H13N3O4. The lowest BCUT2D eigenvalue weighted by molar-refractivity contribution is -0.127. The van der Waals surface area contributed by atoms with Crippen LogP contribution in [0.2, 0.25) is 0 Å². The van der Waals surface area contributed by atoms with Crippen molar-refractivity contribution >= 4 is 17.9 Å². The first kappa shape index (κ1) is 10.7. The van der Waals surface area contributed by atoms with Gasteiger partial charge >= 0.3 is 6.09 Å². The van der Waals surface area contributed by atoms with E-state index in [1.165, 1.54) is 0 Å². The average Bonchev–Trinajstić information content (AvgIpc) is 2.81. The lowest BCUT2D eigenvalue weighted by Gasteiger charge is -2.20. The molecule has 0 aliphatic carbocycles. The Morgan fingerprint density at radius 2 is 1.81 bits per heavy atom. The van der Waals surface area contributed by atoms with Crippen LogP contribution >= 0.6 is 0 Å². The van der Waals surface area contributed by atoms with Gasteiger partial charge in [0.05, 0.1) is 6.54 Å². The van der Waals surface area contributed by atoms with Gasteiger partial charge in [-0.2, -0.15) is 0 Å². The first-order valence-electron chi connectivity index (χ1n) is 4.89. The van der Waals surface area contributed by atoms with E-state index >= 15 is 0 Å². The SMILES string of the molecule is CC(C)(C)OC(=O)N1CC12C(=O)NNC2=O. The van der Waals surface area contributed by atoms with Gasteiger partial charge in [0.1, 0.15) is 5.60 Å². The van der Waals surface area contributed by atoms with Gasteiger partial charge in [-0.15, -0.1) is 0 Å². The standard InChI is InChI=1S/C9H13N3O4/c1-8(2,3)16-7(15)12-4-9(12)5(13)10-11-6(9)14/h4H2,1-3H3,(H,10,13)(H,11,14). The van der Waals surface area contributed by atoms with E-state index in [1.54, 1.807) is 20.8 Å². The Kier molecular flexibility index (Phi) is 1.92. The summed E-state index contributed by atoms with van der Waals surface area (Å²) in [5, 5.41) is 0. The molecule has 3 amide bonds. The monoisotopic (exact) mass is 227 g/mol. The zero-order valence-corrected chi connectivity index (χ0v) is 9.29. The molecule has 0 aromatic heterocycles. The van der Waals surface area contributed by atoms with Gasteiger partial charge in [-0.3, -0.25) is 25.3 Å². The highest BCUT2D eigenvalue weighted by molar-refractivity contribution is 6.19. The lowest BCUT2D eigenvalue weighted by atomic mass is 10.1. The van der Waals surface area contributed by atoms with Crippen molar-refractivity contribution < 1.29 is 19.1 Å². The van der Waals surface area contributed by atoms with Gasteiger partial charge in [-0.1, -0.05) is 0 Å². The topological polar surface area (TPSA) is 87.5 Å². The third kappa shape index (κ3) is 1.39. The van der Waals surface area contributed by atoms with Crippen LogP contribution < -0.4 is 10.9 Å². The van der Waals surface area contributed by atoms with E-state index in [4.69, 9.17) is 4.74 Å². The highest BCUT2D eigenvalue weighted by Crippen LogP contribution is 2.36. The molecule has 0 bridgehead atoms. The van der Waals surface area contributed by atoms with Crippen LogP contribution in [0.3, 0.4) is 0 Å². The maximum atomic E-state index is 11.6. The number of hydrazine groups is 1. The number of nitrogens with zero attached hydrogens (tertiary/aromatic N) is 1. The Labute approximate surface area is 92.1 Å². The molecule has 0 atom stereocenters. The van der Waals surface area contributed by atoms with E-state index < -0.39 is 29.0 Å². The molecule has 88 valence electrons. The van der Waals surface area contributed by atoms with Crippen LogP contribution in [-0.2, 0) is 14.3 Å². The van der Waals surface area contributed by atoms with Gasteiger partial charge in [0.2, 0.25) is 5.54 Å². The third-order valence-corrected chi connectivity index (χ3v) is 2.40. The van der Waals surface area contributed by atoms with Crippen molar-refractivity contribution in [3.8, 4) is 0 Å². The fraction of sp³-hybridized carbons (Fsp3) is 0.667. The van der Waals surface area contributed by atoms with Crippen molar-refractivity contribution in [3.63, 3.8) is 0 Å². The molecule has 0 radical (unpaired) electrons. The number of carbonyl (C=O) groups excluding carboxylic acids is 3. The van der Waals surface area contributed by atoms with E-state index in [1.807, 2.05) is 0 Å². The first-order chi connectivity index (χ1) is 7.27. The van der Waals surface area contributed by atoms with Crippen LogP contribution in [0, 0.1) is 0 Å². The number of hydrogen-bond donors (Lipinski definition) is 2. The molecule has 2 fully saturated rings. The van der Waals surface area contributed by atoms with Crippen LogP contribution in [-0.4, -0.2) is 40.5 Å². The molecule has 16 heavy (non-hydrogen) atoms. The smallest absolute Gasteiger partial charge is 0.411 e. The average molecular weight is 227 g/mol. The molecule has 7 heteroatoms. The molecule has 2 N–H and O–H groups in total. The summed E-state index contributed by atoms with van der Waals surface area (Å²) in [7, 11) is 0. The summed E-state index contributed by atoms with van der Waals surface area (Å²) < 4.78 is 5.07. The largest absolute Gasteiger partial charge is 0.444 e. The predicted molar refractivity (Wildman–Crippen MR) is 52.0 cm³/mol. The summed E-state index contributed by atoms with van der Waals surface area (Å²) in [4.78, 5) is 35.5. The Hall–Kier alpha value is -1.79. The van der Waals surface area contributed by atoms with Crippen molar-refractivity contribution in [1.82, 2.24) is 15.8 Å². The normalized spacial score (nSPS) is 21.8. The van der Waals surface area contributed by atoms with E-state index in [0.29, 0.717) is 0 Å². The summed E-state index contributed by atoms with van der Waals surface area (Å²) >= 11 is 0. The van der Waals surface area contributed by atoms with Gasteiger partial charge in [-0.25, -0.2) is 4.79 Å². The Morgan fingerprint density at radius 1 is 1.31 bits per heavy atom. The number of rotatable bonds is 0. The van der Waals surface area contributed by atoms with E-state index in [0.717, 1.165) is 4.90 Å². The molecule has 0 unspecified atom stereocenters. The molecular weight excluding hydrogens is 214 g/mol. The van der Waals surface area contributed by atoms with Crippen LogP contribution in [0.5, 0.6) is 0 Å². The van der Waals surface area contributed by atoms with E-state index in [2.05, 4.69) is 10.9 Å². The molecule has 0 saturated carbocycles. The molecule has 2 aliphatic rings. The van der Waals surface area contributed by atoms with Crippen LogP contribution in [0.15, 0.2) is 0 Å². The number of hydrogen-bond acceptors (Lipinski definition) is 4. The molecule has 7 nitrogen and oxygen atoms in total. The van der Waals surface area contributed by atoms with Gasteiger partial charge in [0.15, 0.2) is 0 Å². The summed E-state index contributed by atoms with van der Waals surface area (Å²) in [5.74, 6) is -1.02. The minimum atomic E-state index is -1.37. The number of carbonyl (C=O) groups is 3. The zero-order chi connectivity index (χ0) is 12.1. The Bertz CT molecular complexity index is 369. The highest BCUT2D eigenvalue weighted by atomic mass is 16.6. The number of ether oxygens (including phenoxy) is 1. The van der Waals surface area contributed by atoms with Crippen molar-refractivity contribution in [2.75, 3.05) is 6.54 Å². The summed E-state index contributed by atoms with van der Waals surface area (Å²) in [6.45, 7) is 5.22. The fourth-order valence-corrected chi connectivity index (χ4v) is 1.54. The second-order valence-corrected chi connectivity index (χ2v) is 4.84. The maximum Gasteiger partial charge on any atom is 0.411 e. The van der Waals surface area contributed by atoms with Gasteiger partial charge < -0.3 is 4.74 Å². The second kappa shape index (κ2) is 2.87. The zero-order valence-electron chi connectivity index (χ0n) is 9.29. The van der Waals surface area contributed by atoms with Crippen LogP contribution in [0.25, 0.3) is 0 Å². The minimum Gasteiger partial charge on any atom is -0.444 e. The predicted octanol–water partition coefficient (Wildman–Crippen LogP) is -0.863. The number of nitrogens with one attached hydrogen (secondary N) is 2. The summed E-state index contributed by atoms with van der Waals surface area (Å²) in [5.41, 5.74) is 2.34. The van der Waals surface area contributed by atoms with Gasteiger partial charge in [-0.05, 0) is 20.8 Å². The second-order valence-electron chi connectivity index (χ2n) is 4.84. The fourth-order valence-electron chi connectivity index (χ4n) is 1.54. The van der Waals surface area contributed by atoms with E-state index in [9.17, 15) is 14.4 Å². The van der Waals surface area contributed by atoms with Crippen LogP contribution in [0.1, 0.15) is 20.8 Å². The molecule has 2 rings (SSSR count). The maximum absolute atomic E-state index is 11.6. The third-order valence-electron chi connectivity index (χ3n) is 2.40. The van der Waals surface area contributed by atoms with E-state index in [-0.39, 0.29) is 6.54 Å². The Balaban J connectivity index is 2.08. The molecule has 2 heterocycles. The molecule has 1 spiro atoms. The Morgan fingerprint density at radius 3 is 2.25 bits per heavy atom. The molecule has 2 saturated heterocycles. The van der Waals surface area contributed by atoms with Crippen molar-refractivity contribution in [1.29, 1.82) is 0 Å². The minimum absolute atomic E-state index is 0.0690. The summed E-state index contributed by atoms with van der Waals surface area (Å²) in [6, 6.07) is 0. The molecule has 0 aromatic carbocycles. The molecule has 0 aromatic rings. The number of amides is 3. The van der Waals surface area contributed by atoms with Crippen molar-refractivity contribution in [2.45, 2.75) is 31.9 Å². The lowest BCUT2D eigenvalue weighted by Crippen LogP contribution is -2.38. The van der Waals surface area contributed by atoms with Crippen molar-refractivity contribution in [2.24, 2.45) is 0 Å². The van der Waals surface area contributed by atoms with Gasteiger partial charge in [0, 0.05) is 0 Å². The van der Waals surface area contributed by atoms with Crippen molar-refractivity contribution in [3.05, 3.63) is 0 Å². The van der Waals surface area contributed by atoms with Crippen LogP contribution in [0.4, 0.5) is 4.79 Å². The first-order valence-corrected chi connectivity index (χ1v) is 4.89. The highest BCUT2D eigenvalue weighted by Gasteiger charge is 2.70. The quantitative estimate of drug-likeness (QED) is 0.416.